The van der Waals surface area contributed by atoms with Gasteiger partial charge in [0.2, 0.25) is 0 Å². The molecule has 0 unspecified atom stereocenters. The number of nitrogens with zero attached hydrogens (tertiary/aromatic N) is 1. The summed E-state index contributed by atoms with van der Waals surface area (Å²) in [6.45, 7) is 4.36. The Morgan fingerprint density at radius 1 is 1.27 bits per heavy atom. The van der Waals surface area contributed by atoms with E-state index < -0.39 is 0 Å². The third kappa shape index (κ3) is 0.819. The molecular formula is C10H15N. The van der Waals surface area contributed by atoms with Crippen LogP contribution in [0.2, 0.25) is 0 Å². The third-order valence-electron chi connectivity index (χ3n) is 3.67. The Kier molecular flexibility index (Phi) is 1.17. The molecular weight excluding hydrogens is 134 g/mol. The molecule has 2 fully saturated rings. The molecule has 0 amide bonds. The molecule has 1 heteroatoms. The summed E-state index contributed by atoms with van der Waals surface area (Å²) in [5.41, 5.74) is 0.733. The molecule has 60 valence electrons. The van der Waals surface area contributed by atoms with Crippen LogP contribution in [-0.2, 0) is 0 Å². The van der Waals surface area contributed by atoms with Crippen molar-refractivity contribution >= 4 is 0 Å². The molecule has 0 aliphatic heterocycles. The number of nitriles is 1. The van der Waals surface area contributed by atoms with Gasteiger partial charge < -0.3 is 0 Å². The lowest BCUT2D eigenvalue weighted by Gasteiger charge is -2.46. The van der Waals surface area contributed by atoms with Crippen molar-refractivity contribution in [2.75, 3.05) is 0 Å². The van der Waals surface area contributed by atoms with Crippen LogP contribution in [0.4, 0.5) is 0 Å². The largest absolute Gasteiger partial charge is 0.198 e. The smallest absolute Gasteiger partial charge is 0.0692 e. The van der Waals surface area contributed by atoms with E-state index in [1.807, 2.05) is 0 Å². The van der Waals surface area contributed by atoms with E-state index in [-0.39, 0.29) is 5.41 Å². The van der Waals surface area contributed by atoms with Gasteiger partial charge in [0.15, 0.2) is 0 Å². The highest BCUT2D eigenvalue weighted by atomic mass is 14.7. The summed E-state index contributed by atoms with van der Waals surface area (Å²) in [6.07, 6.45) is 5.16. The molecule has 2 rings (SSSR count). The first kappa shape index (κ1) is 7.16. The Morgan fingerprint density at radius 2 is 1.82 bits per heavy atom. The number of rotatable bonds is 1. The first-order valence-corrected chi connectivity index (χ1v) is 4.54. The molecule has 11 heavy (non-hydrogen) atoms. The maximum atomic E-state index is 9.02. The zero-order chi connectivity index (χ0) is 8.11. The second-order valence-corrected chi connectivity index (χ2v) is 4.78. The molecule has 0 aromatic rings. The molecule has 0 atom stereocenters. The Balaban J connectivity index is 2.07. The number of hydrogen-bond donors (Lipinski definition) is 0. The van der Waals surface area contributed by atoms with Crippen molar-refractivity contribution in [3.05, 3.63) is 0 Å². The minimum atomic E-state index is 0.0660. The predicted molar refractivity (Wildman–Crippen MR) is 43.8 cm³/mol. The van der Waals surface area contributed by atoms with E-state index in [2.05, 4.69) is 19.9 Å². The average molecular weight is 149 g/mol. The summed E-state index contributed by atoms with van der Waals surface area (Å²) < 4.78 is 0. The van der Waals surface area contributed by atoms with Gasteiger partial charge in [0.1, 0.15) is 0 Å². The van der Waals surface area contributed by atoms with Crippen molar-refractivity contribution in [3.63, 3.8) is 0 Å². The van der Waals surface area contributed by atoms with E-state index in [0.717, 1.165) is 0 Å². The topological polar surface area (TPSA) is 23.8 Å². The van der Waals surface area contributed by atoms with Crippen molar-refractivity contribution in [2.24, 2.45) is 16.7 Å². The van der Waals surface area contributed by atoms with Gasteiger partial charge in [0, 0.05) is 0 Å². The van der Waals surface area contributed by atoms with Gasteiger partial charge in [-0.05, 0) is 37.0 Å². The monoisotopic (exact) mass is 149 g/mol. The van der Waals surface area contributed by atoms with Gasteiger partial charge >= 0.3 is 0 Å². The van der Waals surface area contributed by atoms with Crippen molar-refractivity contribution < 1.29 is 0 Å². The molecule has 0 heterocycles. The van der Waals surface area contributed by atoms with E-state index in [1.54, 1.807) is 0 Å². The molecule has 0 aromatic heterocycles. The lowest BCUT2D eigenvalue weighted by molar-refractivity contribution is 0.0465. The van der Waals surface area contributed by atoms with Crippen LogP contribution < -0.4 is 0 Å². The van der Waals surface area contributed by atoms with Gasteiger partial charge in [-0.2, -0.15) is 5.26 Å². The second-order valence-electron chi connectivity index (χ2n) is 4.78. The fourth-order valence-electron chi connectivity index (χ4n) is 2.43. The highest BCUT2D eigenvalue weighted by Gasteiger charge is 2.62. The SMILES string of the molecule is CC(C)C1(C#N)CC2(CC2)C1. The van der Waals surface area contributed by atoms with Crippen molar-refractivity contribution in [1.82, 2.24) is 0 Å². The molecule has 0 radical (unpaired) electrons. The first-order valence-electron chi connectivity index (χ1n) is 4.54. The van der Waals surface area contributed by atoms with Crippen LogP contribution in [0.5, 0.6) is 0 Å². The highest BCUT2D eigenvalue weighted by molar-refractivity contribution is 5.19. The molecule has 0 bridgehead atoms. The van der Waals surface area contributed by atoms with Crippen LogP contribution in [0.15, 0.2) is 0 Å². The fraction of sp³-hybridized carbons (Fsp3) is 0.900. The standard InChI is InChI=1S/C10H15N/c1-8(2)10(7-11)5-9(6-10)3-4-9/h8H,3-6H2,1-2H3. The average Bonchev–Trinajstić information content (AvgIpc) is 2.61. The summed E-state index contributed by atoms with van der Waals surface area (Å²) in [5, 5.41) is 9.02. The van der Waals surface area contributed by atoms with Crippen molar-refractivity contribution in [3.8, 4) is 6.07 Å². The normalized spacial score (nSPS) is 29.6. The van der Waals surface area contributed by atoms with E-state index in [0.29, 0.717) is 11.3 Å². The lowest BCUT2D eigenvalue weighted by atomic mass is 9.55. The summed E-state index contributed by atoms with van der Waals surface area (Å²) in [5.74, 6) is 0.554. The minimum Gasteiger partial charge on any atom is -0.198 e. The van der Waals surface area contributed by atoms with E-state index in [4.69, 9.17) is 5.26 Å². The maximum Gasteiger partial charge on any atom is 0.0692 e. The van der Waals surface area contributed by atoms with Crippen LogP contribution >= 0.6 is 0 Å². The quantitative estimate of drug-likeness (QED) is 0.562. The first-order chi connectivity index (χ1) is 5.13. The molecule has 2 saturated carbocycles. The highest BCUT2D eigenvalue weighted by Crippen LogP contribution is 2.70. The molecule has 1 spiro atoms. The summed E-state index contributed by atoms with van der Waals surface area (Å²) in [6, 6.07) is 2.51. The second kappa shape index (κ2) is 1.80. The summed E-state index contributed by atoms with van der Waals surface area (Å²) in [7, 11) is 0. The van der Waals surface area contributed by atoms with Gasteiger partial charge in [-0.15, -0.1) is 0 Å². The molecule has 0 aromatic carbocycles. The Hall–Kier alpha value is -0.510. The summed E-state index contributed by atoms with van der Waals surface area (Å²) >= 11 is 0. The summed E-state index contributed by atoms with van der Waals surface area (Å²) in [4.78, 5) is 0. The zero-order valence-corrected chi connectivity index (χ0v) is 7.35. The minimum absolute atomic E-state index is 0.0660. The zero-order valence-electron chi connectivity index (χ0n) is 7.35. The molecule has 2 aliphatic carbocycles. The van der Waals surface area contributed by atoms with Crippen molar-refractivity contribution in [2.45, 2.75) is 39.5 Å². The maximum absolute atomic E-state index is 9.02. The van der Waals surface area contributed by atoms with Gasteiger partial charge in [-0.25, -0.2) is 0 Å². The van der Waals surface area contributed by atoms with Crippen molar-refractivity contribution in [1.29, 1.82) is 5.26 Å². The number of hydrogen-bond acceptors (Lipinski definition) is 1. The van der Waals surface area contributed by atoms with Gasteiger partial charge in [-0.1, -0.05) is 13.8 Å². The Labute approximate surface area is 68.4 Å². The van der Waals surface area contributed by atoms with Crippen LogP contribution in [0.25, 0.3) is 0 Å². The van der Waals surface area contributed by atoms with Gasteiger partial charge in [0.05, 0.1) is 11.5 Å². The van der Waals surface area contributed by atoms with Gasteiger partial charge in [0.25, 0.3) is 0 Å². The van der Waals surface area contributed by atoms with Crippen LogP contribution in [0, 0.1) is 28.1 Å². The van der Waals surface area contributed by atoms with Gasteiger partial charge in [-0.3, -0.25) is 0 Å². The Morgan fingerprint density at radius 3 is 2.09 bits per heavy atom. The van der Waals surface area contributed by atoms with Crippen LogP contribution in [0.3, 0.4) is 0 Å². The molecule has 2 aliphatic rings. The molecule has 1 nitrogen and oxygen atoms in total. The molecule has 0 N–H and O–H groups in total. The van der Waals surface area contributed by atoms with E-state index in [1.165, 1.54) is 25.7 Å². The lowest BCUT2D eigenvalue weighted by Crippen LogP contribution is -2.41. The molecule has 0 saturated heterocycles. The van der Waals surface area contributed by atoms with Crippen LogP contribution in [-0.4, -0.2) is 0 Å². The van der Waals surface area contributed by atoms with E-state index >= 15 is 0 Å². The van der Waals surface area contributed by atoms with E-state index in [9.17, 15) is 0 Å². The third-order valence-corrected chi connectivity index (χ3v) is 3.67. The Bertz CT molecular complexity index is 210. The predicted octanol–water partition coefficient (Wildman–Crippen LogP) is 2.73. The van der Waals surface area contributed by atoms with Crippen LogP contribution in [0.1, 0.15) is 39.5 Å². The fourth-order valence-corrected chi connectivity index (χ4v) is 2.43.